The minimum atomic E-state index is 0.533. The van der Waals surface area contributed by atoms with E-state index < -0.39 is 0 Å². The van der Waals surface area contributed by atoms with E-state index in [1.165, 1.54) is 0 Å². The maximum atomic E-state index is 5.65. The number of aromatic nitrogens is 3. The summed E-state index contributed by atoms with van der Waals surface area (Å²) in [7, 11) is 3.60. The molecule has 0 saturated heterocycles. The first-order valence-corrected chi connectivity index (χ1v) is 6.55. The van der Waals surface area contributed by atoms with E-state index in [0.29, 0.717) is 6.54 Å². The Morgan fingerprint density at radius 2 is 2.28 bits per heavy atom. The van der Waals surface area contributed by atoms with E-state index in [1.807, 2.05) is 23.7 Å². The van der Waals surface area contributed by atoms with E-state index in [0.717, 1.165) is 27.8 Å². The molecular formula is C12H16N4OS. The van der Waals surface area contributed by atoms with Gasteiger partial charge < -0.3 is 15.0 Å². The highest BCUT2D eigenvalue weighted by Gasteiger charge is 2.07. The van der Waals surface area contributed by atoms with Gasteiger partial charge in [-0.05, 0) is 17.7 Å². The first-order chi connectivity index (χ1) is 8.74. The SMILES string of the molecule is COc1ccc(CN)cc1CSc1nncn1C. The number of hydrogen-bond acceptors (Lipinski definition) is 5. The first kappa shape index (κ1) is 12.9. The van der Waals surface area contributed by atoms with Crippen molar-refractivity contribution in [2.75, 3.05) is 7.11 Å². The third-order valence-corrected chi connectivity index (χ3v) is 3.69. The molecule has 0 atom stereocenters. The minimum absolute atomic E-state index is 0.533. The number of methoxy groups -OCH3 is 1. The van der Waals surface area contributed by atoms with Gasteiger partial charge in [0.2, 0.25) is 0 Å². The highest BCUT2D eigenvalue weighted by Crippen LogP contribution is 2.27. The fourth-order valence-electron chi connectivity index (χ4n) is 1.62. The molecule has 0 spiro atoms. The predicted octanol–water partition coefficient (Wildman–Crippen LogP) is 1.57. The van der Waals surface area contributed by atoms with Gasteiger partial charge in [-0.2, -0.15) is 0 Å². The number of nitrogens with zero attached hydrogens (tertiary/aromatic N) is 3. The second-order valence-corrected chi connectivity index (χ2v) is 4.81. The molecule has 0 aliphatic rings. The lowest BCUT2D eigenvalue weighted by molar-refractivity contribution is 0.411. The Balaban J connectivity index is 2.14. The highest BCUT2D eigenvalue weighted by molar-refractivity contribution is 7.98. The zero-order valence-electron chi connectivity index (χ0n) is 10.5. The fourth-order valence-corrected chi connectivity index (χ4v) is 2.48. The molecule has 5 nitrogen and oxygen atoms in total. The monoisotopic (exact) mass is 264 g/mol. The van der Waals surface area contributed by atoms with Crippen LogP contribution in [0.1, 0.15) is 11.1 Å². The quantitative estimate of drug-likeness (QED) is 0.830. The van der Waals surface area contributed by atoms with Crippen molar-refractivity contribution in [3.63, 3.8) is 0 Å². The van der Waals surface area contributed by atoms with Crippen LogP contribution in [0.5, 0.6) is 5.75 Å². The van der Waals surface area contributed by atoms with E-state index in [9.17, 15) is 0 Å². The Kier molecular flexibility index (Phi) is 4.22. The van der Waals surface area contributed by atoms with Gasteiger partial charge in [0.25, 0.3) is 0 Å². The van der Waals surface area contributed by atoms with Gasteiger partial charge in [-0.15, -0.1) is 10.2 Å². The van der Waals surface area contributed by atoms with Gasteiger partial charge in [0.1, 0.15) is 12.1 Å². The molecule has 0 aliphatic heterocycles. The van der Waals surface area contributed by atoms with Crippen LogP contribution in [0.4, 0.5) is 0 Å². The van der Waals surface area contributed by atoms with Crippen molar-refractivity contribution in [2.24, 2.45) is 12.8 Å². The summed E-state index contributed by atoms with van der Waals surface area (Å²) in [5.74, 6) is 1.66. The summed E-state index contributed by atoms with van der Waals surface area (Å²) in [6, 6.07) is 6.01. The molecule has 0 radical (unpaired) electrons. The third kappa shape index (κ3) is 2.83. The molecule has 6 heteroatoms. The Bertz CT molecular complexity index is 527. The lowest BCUT2D eigenvalue weighted by Gasteiger charge is -2.09. The van der Waals surface area contributed by atoms with Crippen LogP contribution in [0.25, 0.3) is 0 Å². The van der Waals surface area contributed by atoms with Crippen molar-refractivity contribution in [3.8, 4) is 5.75 Å². The number of ether oxygens (including phenoxy) is 1. The van der Waals surface area contributed by atoms with E-state index in [-0.39, 0.29) is 0 Å². The fraction of sp³-hybridized carbons (Fsp3) is 0.333. The van der Waals surface area contributed by atoms with E-state index in [2.05, 4.69) is 16.3 Å². The largest absolute Gasteiger partial charge is 0.496 e. The van der Waals surface area contributed by atoms with Crippen molar-refractivity contribution in [1.82, 2.24) is 14.8 Å². The van der Waals surface area contributed by atoms with E-state index in [1.54, 1.807) is 25.2 Å². The van der Waals surface area contributed by atoms with Crippen LogP contribution < -0.4 is 10.5 Å². The molecule has 0 unspecified atom stereocenters. The molecule has 0 fully saturated rings. The van der Waals surface area contributed by atoms with Crippen LogP contribution in [-0.4, -0.2) is 21.9 Å². The number of benzene rings is 1. The Morgan fingerprint density at radius 1 is 1.44 bits per heavy atom. The first-order valence-electron chi connectivity index (χ1n) is 5.57. The van der Waals surface area contributed by atoms with Crippen LogP contribution in [0.3, 0.4) is 0 Å². The van der Waals surface area contributed by atoms with Crippen LogP contribution in [0.2, 0.25) is 0 Å². The highest BCUT2D eigenvalue weighted by atomic mass is 32.2. The number of nitrogens with two attached hydrogens (primary N) is 1. The van der Waals surface area contributed by atoms with Crippen LogP contribution in [-0.2, 0) is 19.3 Å². The molecule has 2 N–H and O–H groups in total. The molecule has 2 aromatic rings. The molecule has 1 aromatic carbocycles. The van der Waals surface area contributed by atoms with Gasteiger partial charge in [-0.25, -0.2) is 0 Å². The van der Waals surface area contributed by atoms with Crippen LogP contribution in [0.15, 0.2) is 29.7 Å². The van der Waals surface area contributed by atoms with Gasteiger partial charge >= 0.3 is 0 Å². The van der Waals surface area contributed by atoms with Crippen molar-refractivity contribution in [1.29, 1.82) is 0 Å². The Hall–Kier alpha value is -1.53. The summed E-state index contributed by atoms with van der Waals surface area (Å²) in [5, 5.41) is 8.77. The van der Waals surface area contributed by atoms with Crippen molar-refractivity contribution in [3.05, 3.63) is 35.7 Å². The van der Waals surface area contributed by atoms with Gasteiger partial charge in [0, 0.05) is 24.9 Å². The zero-order chi connectivity index (χ0) is 13.0. The predicted molar refractivity (Wildman–Crippen MR) is 71.4 cm³/mol. The summed E-state index contributed by atoms with van der Waals surface area (Å²) in [5.41, 5.74) is 7.87. The van der Waals surface area contributed by atoms with E-state index in [4.69, 9.17) is 10.5 Å². The third-order valence-electron chi connectivity index (χ3n) is 2.61. The molecule has 1 aromatic heterocycles. The molecule has 96 valence electrons. The molecular weight excluding hydrogens is 248 g/mol. The number of aryl methyl sites for hydroxylation is 1. The number of hydrogen-bond donors (Lipinski definition) is 1. The Morgan fingerprint density at radius 3 is 2.89 bits per heavy atom. The number of thioether (sulfide) groups is 1. The van der Waals surface area contributed by atoms with Crippen molar-refractivity contribution >= 4 is 11.8 Å². The molecule has 0 amide bonds. The molecule has 1 heterocycles. The lowest BCUT2D eigenvalue weighted by Crippen LogP contribution is -1.99. The van der Waals surface area contributed by atoms with Crippen molar-refractivity contribution < 1.29 is 4.74 Å². The summed E-state index contributed by atoms with van der Waals surface area (Å²) >= 11 is 1.62. The summed E-state index contributed by atoms with van der Waals surface area (Å²) in [6.07, 6.45) is 1.69. The van der Waals surface area contributed by atoms with E-state index >= 15 is 0 Å². The topological polar surface area (TPSA) is 66.0 Å². The maximum Gasteiger partial charge on any atom is 0.191 e. The maximum absolute atomic E-state index is 5.65. The smallest absolute Gasteiger partial charge is 0.191 e. The van der Waals surface area contributed by atoms with Crippen molar-refractivity contribution in [2.45, 2.75) is 17.5 Å². The average Bonchev–Trinajstić information content (AvgIpc) is 2.81. The zero-order valence-corrected chi connectivity index (χ0v) is 11.3. The standard InChI is InChI=1S/C12H16N4OS/c1-16-8-14-15-12(16)18-7-10-5-9(6-13)3-4-11(10)17-2/h3-5,8H,6-7,13H2,1-2H3. The van der Waals surface area contributed by atoms with Gasteiger partial charge in [0.05, 0.1) is 7.11 Å². The second-order valence-electron chi connectivity index (χ2n) is 3.86. The molecule has 18 heavy (non-hydrogen) atoms. The molecule has 0 bridgehead atoms. The average molecular weight is 264 g/mol. The Labute approximate surface area is 110 Å². The van der Waals surface area contributed by atoms with Gasteiger partial charge in [-0.3, -0.25) is 0 Å². The van der Waals surface area contributed by atoms with Crippen LogP contribution >= 0.6 is 11.8 Å². The second kappa shape index (κ2) is 5.88. The van der Waals surface area contributed by atoms with Crippen LogP contribution in [0, 0.1) is 0 Å². The summed E-state index contributed by atoms with van der Waals surface area (Å²) in [4.78, 5) is 0. The normalized spacial score (nSPS) is 10.6. The number of rotatable bonds is 5. The molecule has 2 rings (SSSR count). The lowest BCUT2D eigenvalue weighted by atomic mass is 10.1. The summed E-state index contributed by atoms with van der Waals surface area (Å²) in [6.45, 7) is 0.533. The van der Waals surface area contributed by atoms with Gasteiger partial charge in [-0.1, -0.05) is 17.8 Å². The van der Waals surface area contributed by atoms with Gasteiger partial charge in [0.15, 0.2) is 5.16 Å². The summed E-state index contributed by atoms with van der Waals surface area (Å²) < 4.78 is 7.24. The minimum Gasteiger partial charge on any atom is -0.496 e. The molecule has 0 saturated carbocycles. The molecule has 0 aliphatic carbocycles.